The third-order valence-electron chi connectivity index (χ3n) is 5.18. The zero-order chi connectivity index (χ0) is 21.6. The van der Waals surface area contributed by atoms with E-state index >= 15 is 0 Å². The number of carbonyl (C=O) groups excluding carboxylic acids is 1. The molecule has 6 heteroatoms. The van der Waals surface area contributed by atoms with E-state index in [-0.39, 0.29) is 11.9 Å². The van der Waals surface area contributed by atoms with Gasteiger partial charge in [0.25, 0.3) is 5.91 Å². The standard InChI is InChI=1S/C25H25N5O/c1-29(2)23(19-10-5-3-6-11-19)17-27-25(31)22-18-30(21-13-7-4-8-14-21)28-24(22)20-12-9-15-26-16-20/h3-16,18,23H,17H2,1-2H3,(H,27,31). The Hall–Kier alpha value is -3.77. The van der Waals surface area contributed by atoms with E-state index in [1.54, 1.807) is 23.3 Å². The van der Waals surface area contributed by atoms with Gasteiger partial charge in [0, 0.05) is 30.7 Å². The highest BCUT2D eigenvalue weighted by molar-refractivity contribution is 5.99. The highest BCUT2D eigenvalue weighted by Crippen LogP contribution is 2.24. The molecule has 31 heavy (non-hydrogen) atoms. The van der Waals surface area contributed by atoms with Crippen LogP contribution in [0.3, 0.4) is 0 Å². The number of benzene rings is 2. The Morgan fingerprint density at radius 3 is 2.35 bits per heavy atom. The van der Waals surface area contributed by atoms with Crippen molar-refractivity contribution in [1.29, 1.82) is 0 Å². The third kappa shape index (κ3) is 4.70. The van der Waals surface area contributed by atoms with Gasteiger partial charge in [-0.15, -0.1) is 0 Å². The summed E-state index contributed by atoms with van der Waals surface area (Å²) in [5, 5.41) is 7.80. The number of rotatable bonds is 7. The Morgan fingerprint density at radius 2 is 1.71 bits per heavy atom. The predicted molar refractivity (Wildman–Crippen MR) is 122 cm³/mol. The van der Waals surface area contributed by atoms with Crippen LogP contribution >= 0.6 is 0 Å². The number of nitrogens with one attached hydrogen (secondary N) is 1. The summed E-state index contributed by atoms with van der Waals surface area (Å²) in [4.78, 5) is 19.5. The van der Waals surface area contributed by atoms with Crippen LogP contribution in [0.5, 0.6) is 0 Å². The Balaban J connectivity index is 1.63. The second kappa shape index (κ2) is 9.36. The maximum Gasteiger partial charge on any atom is 0.255 e. The van der Waals surface area contributed by atoms with E-state index in [0.717, 1.165) is 16.8 Å². The van der Waals surface area contributed by atoms with Gasteiger partial charge in [-0.25, -0.2) is 4.68 Å². The van der Waals surface area contributed by atoms with Crippen molar-refractivity contribution in [3.05, 3.63) is 103 Å². The molecule has 1 unspecified atom stereocenters. The molecular weight excluding hydrogens is 386 g/mol. The van der Waals surface area contributed by atoms with Gasteiger partial charge < -0.3 is 10.2 Å². The van der Waals surface area contributed by atoms with Gasteiger partial charge in [-0.05, 0) is 43.9 Å². The lowest BCUT2D eigenvalue weighted by Crippen LogP contribution is -2.34. The van der Waals surface area contributed by atoms with Gasteiger partial charge in [-0.1, -0.05) is 48.5 Å². The summed E-state index contributed by atoms with van der Waals surface area (Å²) in [6, 6.07) is 23.7. The molecule has 4 rings (SSSR count). The van der Waals surface area contributed by atoms with Crippen LogP contribution in [0, 0.1) is 0 Å². The van der Waals surface area contributed by atoms with Crippen LogP contribution in [-0.2, 0) is 0 Å². The zero-order valence-electron chi connectivity index (χ0n) is 17.6. The average Bonchev–Trinajstić information content (AvgIpc) is 3.26. The highest BCUT2D eigenvalue weighted by Gasteiger charge is 2.21. The lowest BCUT2D eigenvalue weighted by Gasteiger charge is -2.25. The van der Waals surface area contributed by atoms with E-state index in [2.05, 4.69) is 27.3 Å². The summed E-state index contributed by atoms with van der Waals surface area (Å²) in [5.74, 6) is -0.163. The quantitative estimate of drug-likeness (QED) is 0.500. The fraction of sp³-hybridized carbons (Fsp3) is 0.160. The maximum absolute atomic E-state index is 13.2. The van der Waals surface area contributed by atoms with Crippen LogP contribution < -0.4 is 5.32 Å². The molecule has 0 saturated carbocycles. The molecule has 2 aromatic carbocycles. The van der Waals surface area contributed by atoms with Gasteiger partial charge in [0.2, 0.25) is 0 Å². The molecular formula is C25H25N5O. The summed E-state index contributed by atoms with van der Waals surface area (Å²) in [7, 11) is 4.02. The molecule has 0 saturated heterocycles. The minimum Gasteiger partial charge on any atom is -0.350 e. The van der Waals surface area contributed by atoms with E-state index < -0.39 is 0 Å². The number of nitrogens with zero attached hydrogens (tertiary/aromatic N) is 4. The van der Waals surface area contributed by atoms with E-state index in [1.165, 1.54) is 0 Å². The van der Waals surface area contributed by atoms with Crippen LogP contribution in [0.25, 0.3) is 16.9 Å². The van der Waals surface area contributed by atoms with E-state index in [1.807, 2.05) is 74.8 Å². The first-order chi connectivity index (χ1) is 15.1. The molecule has 0 aliphatic carbocycles. The van der Waals surface area contributed by atoms with Crippen molar-refractivity contribution in [1.82, 2.24) is 25.0 Å². The SMILES string of the molecule is CN(C)C(CNC(=O)c1cn(-c2ccccc2)nc1-c1cccnc1)c1ccccc1. The molecule has 0 aliphatic heterocycles. The monoisotopic (exact) mass is 411 g/mol. The second-order valence-electron chi connectivity index (χ2n) is 7.51. The van der Waals surface area contributed by atoms with Crippen molar-refractivity contribution < 1.29 is 4.79 Å². The van der Waals surface area contributed by atoms with Crippen LogP contribution in [0.2, 0.25) is 0 Å². The molecule has 156 valence electrons. The topological polar surface area (TPSA) is 63.1 Å². The number of amides is 1. The Kier molecular flexibility index (Phi) is 6.19. The third-order valence-corrected chi connectivity index (χ3v) is 5.18. The summed E-state index contributed by atoms with van der Waals surface area (Å²) >= 11 is 0. The molecule has 1 N–H and O–H groups in total. The number of hydrogen-bond donors (Lipinski definition) is 1. The molecule has 0 fully saturated rings. The van der Waals surface area contributed by atoms with E-state index in [0.29, 0.717) is 17.8 Å². The van der Waals surface area contributed by atoms with Gasteiger partial charge in [0.15, 0.2) is 0 Å². The summed E-state index contributed by atoms with van der Waals surface area (Å²) in [5.41, 5.74) is 3.97. The molecule has 0 bridgehead atoms. The van der Waals surface area contributed by atoms with Gasteiger partial charge in [0.05, 0.1) is 17.3 Å². The van der Waals surface area contributed by atoms with Crippen molar-refractivity contribution >= 4 is 5.91 Å². The lowest BCUT2D eigenvalue weighted by atomic mass is 10.1. The zero-order valence-corrected chi connectivity index (χ0v) is 17.6. The fourth-order valence-corrected chi connectivity index (χ4v) is 3.53. The number of hydrogen-bond acceptors (Lipinski definition) is 4. The Bertz CT molecular complexity index is 1120. The highest BCUT2D eigenvalue weighted by atomic mass is 16.1. The van der Waals surface area contributed by atoms with Crippen LogP contribution in [-0.4, -0.2) is 46.2 Å². The Morgan fingerprint density at radius 1 is 1.00 bits per heavy atom. The average molecular weight is 412 g/mol. The van der Waals surface area contributed by atoms with Crippen molar-refractivity contribution in [2.75, 3.05) is 20.6 Å². The summed E-state index contributed by atoms with van der Waals surface area (Å²) < 4.78 is 1.73. The summed E-state index contributed by atoms with van der Waals surface area (Å²) in [6.45, 7) is 0.485. The van der Waals surface area contributed by atoms with Crippen molar-refractivity contribution in [3.8, 4) is 16.9 Å². The molecule has 6 nitrogen and oxygen atoms in total. The van der Waals surface area contributed by atoms with Crippen LogP contribution in [0.4, 0.5) is 0 Å². The predicted octanol–water partition coefficient (Wildman–Crippen LogP) is 3.97. The minimum absolute atomic E-state index is 0.0659. The molecule has 1 amide bonds. The number of aromatic nitrogens is 3. The molecule has 2 aromatic heterocycles. The molecule has 2 heterocycles. The molecule has 1 atom stereocenters. The van der Waals surface area contributed by atoms with Gasteiger partial charge in [-0.2, -0.15) is 5.10 Å². The first-order valence-corrected chi connectivity index (χ1v) is 10.2. The number of carbonyl (C=O) groups is 1. The molecule has 4 aromatic rings. The van der Waals surface area contributed by atoms with Gasteiger partial charge >= 0.3 is 0 Å². The minimum atomic E-state index is -0.163. The van der Waals surface area contributed by atoms with Gasteiger partial charge in [-0.3, -0.25) is 9.78 Å². The lowest BCUT2D eigenvalue weighted by molar-refractivity contribution is 0.0942. The second-order valence-corrected chi connectivity index (χ2v) is 7.51. The first kappa shape index (κ1) is 20.5. The molecule has 0 aliphatic rings. The van der Waals surface area contributed by atoms with Crippen LogP contribution in [0.15, 0.2) is 91.4 Å². The van der Waals surface area contributed by atoms with E-state index in [9.17, 15) is 4.79 Å². The number of para-hydroxylation sites is 1. The molecule has 0 spiro atoms. The van der Waals surface area contributed by atoms with Crippen molar-refractivity contribution in [3.63, 3.8) is 0 Å². The fourth-order valence-electron chi connectivity index (χ4n) is 3.53. The molecule has 0 radical (unpaired) electrons. The normalized spacial score (nSPS) is 12.0. The van der Waals surface area contributed by atoms with Crippen molar-refractivity contribution in [2.24, 2.45) is 0 Å². The summed E-state index contributed by atoms with van der Waals surface area (Å²) in [6.07, 6.45) is 5.21. The maximum atomic E-state index is 13.2. The van der Waals surface area contributed by atoms with Crippen LogP contribution in [0.1, 0.15) is 22.0 Å². The largest absolute Gasteiger partial charge is 0.350 e. The van der Waals surface area contributed by atoms with E-state index in [4.69, 9.17) is 5.10 Å². The Labute approximate surface area is 182 Å². The number of likely N-dealkylation sites (N-methyl/N-ethyl adjacent to an activating group) is 1. The van der Waals surface area contributed by atoms with Gasteiger partial charge in [0.1, 0.15) is 5.69 Å². The smallest absolute Gasteiger partial charge is 0.255 e. The first-order valence-electron chi connectivity index (χ1n) is 10.2. The number of pyridine rings is 1. The van der Waals surface area contributed by atoms with Crippen molar-refractivity contribution in [2.45, 2.75) is 6.04 Å².